The third kappa shape index (κ3) is 3.06. The molecule has 112 valence electrons. The summed E-state index contributed by atoms with van der Waals surface area (Å²) >= 11 is 3.34. The number of halogens is 4. The molecule has 0 aliphatic carbocycles. The van der Waals surface area contributed by atoms with Gasteiger partial charge in [-0.15, -0.1) is 0 Å². The van der Waals surface area contributed by atoms with Crippen molar-refractivity contribution in [3.8, 4) is 5.75 Å². The molecule has 1 N–H and O–H groups in total. The van der Waals surface area contributed by atoms with Crippen LogP contribution in [-0.4, -0.2) is 14.2 Å². The van der Waals surface area contributed by atoms with Crippen LogP contribution >= 0.6 is 15.9 Å². The molecular formula is C15H13BrF3NO. The molecule has 0 saturated heterocycles. The first-order chi connectivity index (χ1) is 9.99. The van der Waals surface area contributed by atoms with Gasteiger partial charge in [0.25, 0.3) is 0 Å². The Morgan fingerprint density at radius 3 is 2.38 bits per heavy atom. The van der Waals surface area contributed by atoms with E-state index in [-0.39, 0.29) is 5.56 Å². The van der Waals surface area contributed by atoms with E-state index in [9.17, 15) is 13.2 Å². The number of nitrogens with one attached hydrogen (secondary N) is 1. The topological polar surface area (TPSA) is 21.3 Å². The Balaban J connectivity index is 2.50. The van der Waals surface area contributed by atoms with Crippen LogP contribution in [-0.2, 0) is 0 Å². The molecule has 0 aromatic heterocycles. The molecule has 0 saturated carbocycles. The van der Waals surface area contributed by atoms with Crippen LogP contribution in [0.1, 0.15) is 17.2 Å². The fourth-order valence-corrected chi connectivity index (χ4v) is 2.69. The second-order valence-electron chi connectivity index (χ2n) is 4.38. The molecule has 21 heavy (non-hydrogen) atoms. The Kier molecular flexibility index (Phi) is 4.90. The molecule has 1 atom stereocenters. The fraction of sp³-hybridized carbons (Fsp3) is 0.200. The van der Waals surface area contributed by atoms with Crippen molar-refractivity contribution in [1.29, 1.82) is 0 Å². The molecular weight excluding hydrogens is 347 g/mol. The van der Waals surface area contributed by atoms with Crippen molar-refractivity contribution in [2.45, 2.75) is 6.04 Å². The van der Waals surface area contributed by atoms with Gasteiger partial charge in [-0.3, -0.25) is 0 Å². The van der Waals surface area contributed by atoms with E-state index in [0.717, 1.165) is 6.07 Å². The molecule has 0 amide bonds. The molecule has 2 rings (SSSR count). The zero-order valence-corrected chi connectivity index (χ0v) is 13.0. The Morgan fingerprint density at radius 1 is 1.10 bits per heavy atom. The maximum atomic E-state index is 13.9. The van der Waals surface area contributed by atoms with Crippen LogP contribution in [0.5, 0.6) is 5.75 Å². The Morgan fingerprint density at radius 2 is 1.81 bits per heavy atom. The van der Waals surface area contributed by atoms with Gasteiger partial charge in [0.1, 0.15) is 5.75 Å². The van der Waals surface area contributed by atoms with Crippen molar-refractivity contribution in [2.75, 3.05) is 14.2 Å². The second kappa shape index (κ2) is 6.49. The monoisotopic (exact) mass is 359 g/mol. The van der Waals surface area contributed by atoms with Crippen LogP contribution in [0.15, 0.2) is 34.8 Å². The highest BCUT2D eigenvalue weighted by atomic mass is 79.9. The van der Waals surface area contributed by atoms with Gasteiger partial charge in [-0.1, -0.05) is 12.1 Å². The first kappa shape index (κ1) is 15.9. The van der Waals surface area contributed by atoms with Crippen molar-refractivity contribution in [3.05, 3.63) is 63.4 Å². The van der Waals surface area contributed by atoms with Crippen molar-refractivity contribution in [2.24, 2.45) is 0 Å². The normalized spacial score (nSPS) is 12.3. The van der Waals surface area contributed by atoms with Crippen molar-refractivity contribution in [1.82, 2.24) is 5.32 Å². The van der Waals surface area contributed by atoms with Gasteiger partial charge in [0, 0.05) is 5.56 Å². The van der Waals surface area contributed by atoms with Crippen molar-refractivity contribution < 1.29 is 17.9 Å². The second-order valence-corrected chi connectivity index (χ2v) is 5.23. The first-order valence-electron chi connectivity index (χ1n) is 6.13. The summed E-state index contributed by atoms with van der Waals surface area (Å²) in [5.74, 6) is -3.25. The highest BCUT2D eigenvalue weighted by molar-refractivity contribution is 9.10. The van der Waals surface area contributed by atoms with Crippen LogP contribution in [0.4, 0.5) is 13.2 Å². The zero-order chi connectivity index (χ0) is 15.6. The molecule has 2 aromatic rings. The van der Waals surface area contributed by atoms with E-state index in [0.29, 0.717) is 15.8 Å². The SMILES string of the molecule is CNC(c1ccc(OC)c(Br)c1)c1ccc(F)c(F)c1F. The van der Waals surface area contributed by atoms with E-state index in [1.807, 2.05) is 0 Å². The summed E-state index contributed by atoms with van der Waals surface area (Å²) in [6.45, 7) is 0. The van der Waals surface area contributed by atoms with Crippen LogP contribution in [0.2, 0.25) is 0 Å². The molecule has 0 fully saturated rings. The standard InChI is InChI=1S/C15H13BrF3NO/c1-20-15(8-3-6-12(21-2)10(16)7-8)9-4-5-11(17)14(19)13(9)18/h3-7,15,20H,1-2H3. The third-order valence-corrected chi connectivity index (χ3v) is 3.79. The van der Waals surface area contributed by atoms with Crippen LogP contribution in [0.25, 0.3) is 0 Å². The summed E-state index contributed by atoms with van der Waals surface area (Å²) in [7, 11) is 3.15. The average molecular weight is 360 g/mol. The minimum atomic E-state index is -1.47. The summed E-state index contributed by atoms with van der Waals surface area (Å²) < 4.78 is 46.2. The molecule has 0 aliphatic heterocycles. The molecule has 0 radical (unpaired) electrons. The van der Waals surface area contributed by atoms with Gasteiger partial charge < -0.3 is 10.1 Å². The Bertz CT molecular complexity index is 664. The molecule has 0 bridgehead atoms. The minimum Gasteiger partial charge on any atom is -0.496 e. The van der Waals surface area contributed by atoms with Gasteiger partial charge in [0.15, 0.2) is 17.5 Å². The van der Waals surface area contributed by atoms with Gasteiger partial charge in [-0.05, 0) is 46.7 Å². The van der Waals surface area contributed by atoms with Crippen LogP contribution < -0.4 is 10.1 Å². The number of rotatable bonds is 4. The molecule has 1 unspecified atom stereocenters. The predicted molar refractivity (Wildman–Crippen MR) is 77.9 cm³/mol. The van der Waals surface area contributed by atoms with Crippen LogP contribution in [0.3, 0.4) is 0 Å². The van der Waals surface area contributed by atoms with Crippen molar-refractivity contribution in [3.63, 3.8) is 0 Å². The lowest BCUT2D eigenvalue weighted by atomic mass is 9.98. The van der Waals surface area contributed by atoms with Gasteiger partial charge in [0.05, 0.1) is 17.6 Å². The van der Waals surface area contributed by atoms with Gasteiger partial charge in [0.2, 0.25) is 0 Å². The summed E-state index contributed by atoms with van der Waals surface area (Å²) in [6, 6.07) is 6.71. The average Bonchev–Trinajstić information content (AvgIpc) is 2.48. The summed E-state index contributed by atoms with van der Waals surface area (Å²) in [4.78, 5) is 0. The number of hydrogen-bond donors (Lipinski definition) is 1. The van der Waals surface area contributed by atoms with Gasteiger partial charge >= 0.3 is 0 Å². The third-order valence-electron chi connectivity index (χ3n) is 3.17. The summed E-state index contributed by atoms with van der Waals surface area (Å²) in [5.41, 5.74) is 0.726. The maximum Gasteiger partial charge on any atom is 0.194 e. The molecule has 2 nitrogen and oxygen atoms in total. The number of ether oxygens (including phenoxy) is 1. The van der Waals surface area contributed by atoms with Gasteiger partial charge in [-0.2, -0.15) is 0 Å². The summed E-state index contributed by atoms with van der Waals surface area (Å²) in [6.07, 6.45) is 0. The molecule has 0 heterocycles. The van der Waals surface area contributed by atoms with Crippen molar-refractivity contribution >= 4 is 15.9 Å². The lowest BCUT2D eigenvalue weighted by Crippen LogP contribution is -2.20. The Labute approximate surface area is 129 Å². The van der Waals surface area contributed by atoms with E-state index in [1.165, 1.54) is 13.2 Å². The molecule has 2 aromatic carbocycles. The number of benzene rings is 2. The summed E-state index contributed by atoms with van der Waals surface area (Å²) in [5, 5.41) is 2.90. The molecule has 6 heteroatoms. The molecule has 0 aliphatic rings. The quantitative estimate of drug-likeness (QED) is 0.826. The maximum absolute atomic E-state index is 13.9. The van der Waals surface area contributed by atoms with E-state index in [2.05, 4.69) is 21.2 Å². The van der Waals surface area contributed by atoms with E-state index in [1.54, 1.807) is 25.2 Å². The highest BCUT2D eigenvalue weighted by Gasteiger charge is 2.21. The highest BCUT2D eigenvalue weighted by Crippen LogP contribution is 2.32. The lowest BCUT2D eigenvalue weighted by Gasteiger charge is -2.19. The van der Waals surface area contributed by atoms with E-state index >= 15 is 0 Å². The Hall–Kier alpha value is -1.53. The number of methoxy groups -OCH3 is 1. The van der Waals surface area contributed by atoms with E-state index in [4.69, 9.17) is 4.74 Å². The minimum absolute atomic E-state index is 0.0356. The lowest BCUT2D eigenvalue weighted by molar-refractivity contribution is 0.411. The van der Waals surface area contributed by atoms with E-state index < -0.39 is 23.5 Å². The van der Waals surface area contributed by atoms with Gasteiger partial charge in [-0.25, -0.2) is 13.2 Å². The zero-order valence-electron chi connectivity index (χ0n) is 11.4. The van der Waals surface area contributed by atoms with Crippen LogP contribution in [0, 0.1) is 17.5 Å². The number of hydrogen-bond acceptors (Lipinski definition) is 2. The fourth-order valence-electron chi connectivity index (χ4n) is 2.13. The predicted octanol–water partition coefficient (Wildman–Crippen LogP) is 4.18. The smallest absolute Gasteiger partial charge is 0.194 e. The first-order valence-corrected chi connectivity index (χ1v) is 6.93. The molecule has 0 spiro atoms. The largest absolute Gasteiger partial charge is 0.496 e.